The van der Waals surface area contributed by atoms with E-state index in [0.717, 1.165) is 12.8 Å². The van der Waals surface area contributed by atoms with Gasteiger partial charge in [0.1, 0.15) is 5.75 Å². The first-order valence-corrected chi connectivity index (χ1v) is 6.45. The molecule has 19 heavy (non-hydrogen) atoms. The number of carbonyl (C=O) groups is 1. The minimum absolute atomic E-state index is 0.194. The quantitative estimate of drug-likeness (QED) is 0.783. The van der Waals surface area contributed by atoms with Crippen LogP contribution in [0.2, 0.25) is 0 Å². The average Bonchev–Trinajstić information content (AvgIpc) is 2.92. The van der Waals surface area contributed by atoms with Crippen molar-refractivity contribution in [3.05, 3.63) is 28.8 Å². The maximum absolute atomic E-state index is 11.7. The molecule has 100 valence electrons. The third-order valence-corrected chi connectivity index (χ3v) is 3.51. The molecule has 1 saturated carbocycles. The minimum Gasteiger partial charge on any atom is -0.490 e. The summed E-state index contributed by atoms with van der Waals surface area (Å²) < 4.78 is 10.6. The molecule has 0 N–H and O–H groups in total. The minimum atomic E-state index is -0.439. The van der Waals surface area contributed by atoms with Gasteiger partial charge in [-0.05, 0) is 50.3 Å². The van der Waals surface area contributed by atoms with Crippen LogP contribution in [0.1, 0.15) is 47.2 Å². The number of carbonyl (C=O) groups excluding carboxylic acids is 1. The lowest BCUT2D eigenvalue weighted by Gasteiger charge is -2.15. The standard InChI is InChI=1S/C15H17NO3/c1-10-11(9-16)7-13(8-14(10)15(17)18-2)19-12-5-3-4-6-12/h7-8,12H,3-6H2,1-2H3. The van der Waals surface area contributed by atoms with Gasteiger partial charge in [-0.1, -0.05) is 0 Å². The topological polar surface area (TPSA) is 59.3 Å². The maximum Gasteiger partial charge on any atom is 0.338 e. The number of rotatable bonds is 3. The fourth-order valence-corrected chi connectivity index (χ4v) is 2.39. The zero-order valence-corrected chi connectivity index (χ0v) is 11.2. The SMILES string of the molecule is COC(=O)c1cc(OC2CCCC2)cc(C#N)c1C. The van der Waals surface area contributed by atoms with Crippen molar-refractivity contribution in [1.82, 2.24) is 0 Å². The highest BCUT2D eigenvalue weighted by Crippen LogP contribution is 2.27. The van der Waals surface area contributed by atoms with Crippen molar-refractivity contribution >= 4 is 5.97 Å². The predicted molar refractivity (Wildman–Crippen MR) is 70.1 cm³/mol. The molecule has 0 bridgehead atoms. The first-order valence-electron chi connectivity index (χ1n) is 6.45. The summed E-state index contributed by atoms with van der Waals surface area (Å²) in [5.41, 5.74) is 1.48. The number of methoxy groups -OCH3 is 1. The van der Waals surface area contributed by atoms with Gasteiger partial charge in [0.2, 0.25) is 0 Å². The molecule has 0 heterocycles. The van der Waals surface area contributed by atoms with E-state index in [1.165, 1.54) is 20.0 Å². The summed E-state index contributed by atoms with van der Waals surface area (Å²) in [5, 5.41) is 9.12. The van der Waals surface area contributed by atoms with E-state index in [9.17, 15) is 4.79 Å². The monoisotopic (exact) mass is 259 g/mol. The number of hydrogen-bond donors (Lipinski definition) is 0. The molecule has 0 unspecified atom stereocenters. The number of hydrogen-bond acceptors (Lipinski definition) is 4. The smallest absolute Gasteiger partial charge is 0.338 e. The van der Waals surface area contributed by atoms with Crippen LogP contribution >= 0.6 is 0 Å². The van der Waals surface area contributed by atoms with Crippen LogP contribution < -0.4 is 4.74 Å². The van der Waals surface area contributed by atoms with Crippen molar-refractivity contribution < 1.29 is 14.3 Å². The third kappa shape index (κ3) is 2.87. The van der Waals surface area contributed by atoms with Gasteiger partial charge < -0.3 is 9.47 Å². The molecule has 1 fully saturated rings. The lowest BCUT2D eigenvalue weighted by molar-refractivity contribution is 0.0599. The second-order valence-electron chi connectivity index (χ2n) is 4.77. The molecule has 1 aliphatic rings. The number of esters is 1. The Kier molecular flexibility index (Phi) is 4.06. The molecule has 0 aliphatic heterocycles. The Balaban J connectivity index is 2.33. The van der Waals surface area contributed by atoms with Crippen LogP contribution in [0.5, 0.6) is 5.75 Å². The zero-order valence-electron chi connectivity index (χ0n) is 11.2. The molecule has 0 spiro atoms. The number of benzene rings is 1. The first-order chi connectivity index (χ1) is 9.15. The molecule has 1 aliphatic carbocycles. The summed E-state index contributed by atoms with van der Waals surface area (Å²) in [6.45, 7) is 1.74. The average molecular weight is 259 g/mol. The van der Waals surface area contributed by atoms with E-state index in [-0.39, 0.29) is 6.10 Å². The second-order valence-corrected chi connectivity index (χ2v) is 4.77. The van der Waals surface area contributed by atoms with E-state index in [2.05, 4.69) is 6.07 Å². The Hall–Kier alpha value is -2.02. The van der Waals surface area contributed by atoms with Crippen LogP contribution in [0.3, 0.4) is 0 Å². The highest BCUT2D eigenvalue weighted by molar-refractivity contribution is 5.92. The summed E-state index contributed by atoms with van der Waals surface area (Å²) in [6, 6.07) is 5.45. The van der Waals surface area contributed by atoms with E-state index in [1.54, 1.807) is 19.1 Å². The van der Waals surface area contributed by atoms with E-state index in [1.807, 2.05) is 0 Å². The van der Waals surface area contributed by atoms with Crippen LogP contribution in [0, 0.1) is 18.3 Å². The lowest BCUT2D eigenvalue weighted by atomic mass is 10.0. The molecule has 0 atom stereocenters. The van der Waals surface area contributed by atoms with Gasteiger partial charge >= 0.3 is 5.97 Å². The van der Waals surface area contributed by atoms with E-state index < -0.39 is 5.97 Å². The summed E-state index contributed by atoms with van der Waals surface area (Å²) in [7, 11) is 1.33. The fraction of sp³-hybridized carbons (Fsp3) is 0.467. The van der Waals surface area contributed by atoms with Gasteiger partial charge in [0.15, 0.2) is 0 Å². The Morgan fingerprint density at radius 2 is 2.05 bits per heavy atom. The highest BCUT2D eigenvalue weighted by Gasteiger charge is 2.19. The summed E-state index contributed by atoms with van der Waals surface area (Å²) in [5.74, 6) is 0.139. The van der Waals surface area contributed by atoms with Crippen molar-refractivity contribution in [2.45, 2.75) is 38.7 Å². The molecular weight excluding hydrogens is 242 g/mol. The van der Waals surface area contributed by atoms with Gasteiger partial charge in [-0.3, -0.25) is 0 Å². The van der Waals surface area contributed by atoms with Crippen molar-refractivity contribution in [3.63, 3.8) is 0 Å². The van der Waals surface area contributed by atoms with Crippen molar-refractivity contribution in [2.24, 2.45) is 0 Å². The highest BCUT2D eigenvalue weighted by atomic mass is 16.5. The van der Waals surface area contributed by atoms with Gasteiger partial charge in [0, 0.05) is 0 Å². The summed E-state index contributed by atoms with van der Waals surface area (Å²) in [6.07, 6.45) is 4.60. The van der Waals surface area contributed by atoms with Gasteiger partial charge in [0.05, 0.1) is 30.4 Å². The van der Waals surface area contributed by atoms with Gasteiger partial charge in [-0.15, -0.1) is 0 Å². The number of nitrogens with zero attached hydrogens (tertiary/aromatic N) is 1. The molecule has 4 nitrogen and oxygen atoms in total. The molecule has 4 heteroatoms. The third-order valence-electron chi connectivity index (χ3n) is 3.51. The van der Waals surface area contributed by atoms with E-state index in [4.69, 9.17) is 14.7 Å². The molecule has 0 radical (unpaired) electrons. The Morgan fingerprint density at radius 3 is 2.63 bits per heavy atom. The Bertz CT molecular complexity index is 525. The van der Waals surface area contributed by atoms with Crippen LogP contribution in [0.4, 0.5) is 0 Å². The van der Waals surface area contributed by atoms with Crippen molar-refractivity contribution in [3.8, 4) is 11.8 Å². The molecule has 1 aromatic carbocycles. The summed E-state index contributed by atoms with van der Waals surface area (Å²) in [4.78, 5) is 11.7. The van der Waals surface area contributed by atoms with Crippen LogP contribution in [-0.2, 0) is 4.74 Å². The van der Waals surface area contributed by atoms with Crippen LogP contribution in [0.25, 0.3) is 0 Å². The van der Waals surface area contributed by atoms with Gasteiger partial charge in [0.25, 0.3) is 0 Å². The Morgan fingerprint density at radius 1 is 1.37 bits per heavy atom. The number of ether oxygens (including phenoxy) is 2. The van der Waals surface area contributed by atoms with Crippen molar-refractivity contribution in [2.75, 3.05) is 7.11 Å². The molecular formula is C15H17NO3. The maximum atomic E-state index is 11.7. The summed E-state index contributed by atoms with van der Waals surface area (Å²) >= 11 is 0. The molecule has 0 saturated heterocycles. The molecule has 0 amide bonds. The zero-order chi connectivity index (χ0) is 13.8. The Labute approximate surface area is 112 Å². The van der Waals surface area contributed by atoms with Crippen LogP contribution in [-0.4, -0.2) is 19.2 Å². The van der Waals surface area contributed by atoms with Gasteiger partial charge in [-0.25, -0.2) is 4.79 Å². The van der Waals surface area contributed by atoms with Crippen LogP contribution in [0.15, 0.2) is 12.1 Å². The van der Waals surface area contributed by atoms with Crippen molar-refractivity contribution in [1.29, 1.82) is 5.26 Å². The normalized spacial score (nSPS) is 15.0. The largest absolute Gasteiger partial charge is 0.490 e. The number of nitriles is 1. The second kappa shape index (κ2) is 5.75. The fourth-order valence-electron chi connectivity index (χ4n) is 2.39. The lowest BCUT2D eigenvalue weighted by Crippen LogP contribution is -2.12. The predicted octanol–water partition coefficient (Wildman–Crippen LogP) is 2.97. The van der Waals surface area contributed by atoms with E-state index in [0.29, 0.717) is 22.4 Å². The molecule has 1 aromatic rings. The molecule has 2 rings (SSSR count). The first kappa shape index (κ1) is 13.4. The van der Waals surface area contributed by atoms with Gasteiger partial charge in [-0.2, -0.15) is 5.26 Å². The van der Waals surface area contributed by atoms with E-state index >= 15 is 0 Å². The molecule has 0 aromatic heterocycles.